The summed E-state index contributed by atoms with van der Waals surface area (Å²) >= 11 is 0. The molecule has 2 unspecified atom stereocenters. The van der Waals surface area contributed by atoms with Gasteiger partial charge in [0.1, 0.15) is 5.82 Å². The Morgan fingerprint density at radius 2 is 2.35 bits per heavy atom. The first-order chi connectivity index (χ1) is 8.17. The van der Waals surface area contributed by atoms with Gasteiger partial charge in [-0.2, -0.15) is 0 Å². The van der Waals surface area contributed by atoms with Gasteiger partial charge in [0, 0.05) is 25.8 Å². The number of nitrogens with zero attached hydrogens (tertiary/aromatic N) is 2. The van der Waals surface area contributed by atoms with E-state index in [0.717, 1.165) is 25.2 Å². The van der Waals surface area contributed by atoms with Gasteiger partial charge in [-0.15, -0.1) is 0 Å². The molecule has 1 aromatic rings. The van der Waals surface area contributed by atoms with E-state index in [2.05, 4.69) is 9.88 Å². The van der Waals surface area contributed by atoms with Crippen LogP contribution in [0, 0.1) is 0 Å². The summed E-state index contributed by atoms with van der Waals surface area (Å²) in [4.78, 5) is 6.34. The SMILES string of the molecule is CC1CN(Cc2ccc(N)nc2)CC(CO)O1. The van der Waals surface area contributed by atoms with E-state index in [4.69, 9.17) is 15.6 Å². The summed E-state index contributed by atoms with van der Waals surface area (Å²) in [6.45, 7) is 4.54. The van der Waals surface area contributed by atoms with Gasteiger partial charge in [0.25, 0.3) is 0 Å². The molecular formula is C12H19N3O2. The van der Waals surface area contributed by atoms with Crippen LogP contribution in [0.5, 0.6) is 0 Å². The lowest BCUT2D eigenvalue weighted by Crippen LogP contribution is -2.47. The molecule has 0 spiro atoms. The fourth-order valence-corrected chi connectivity index (χ4v) is 2.16. The van der Waals surface area contributed by atoms with Gasteiger partial charge in [0.15, 0.2) is 0 Å². The molecule has 0 bridgehead atoms. The zero-order chi connectivity index (χ0) is 12.3. The fraction of sp³-hybridized carbons (Fsp3) is 0.583. The van der Waals surface area contributed by atoms with Crippen molar-refractivity contribution in [1.82, 2.24) is 9.88 Å². The fourth-order valence-electron chi connectivity index (χ4n) is 2.16. The predicted octanol–water partition coefficient (Wildman–Crippen LogP) is 0.245. The number of aliphatic hydroxyl groups excluding tert-OH is 1. The third-order valence-corrected chi connectivity index (χ3v) is 2.86. The highest BCUT2D eigenvalue weighted by molar-refractivity contribution is 5.29. The molecule has 94 valence electrons. The lowest BCUT2D eigenvalue weighted by Gasteiger charge is -2.36. The first-order valence-corrected chi connectivity index (χ1v) is 5.86. The normalized spacial score (nSPS) is 26.0. The number of anilines is 1. The summed E-state index contributed by atoms with van der Waals surface area (Å²) < 4.78 is 5.60. The number of hydrogen-bond donors (Lipinski definition) is 2. The number of aromatic nitrogens is 1. The highest BCUT2D eigenvalue weighted by atomic mass is 16.5. The van der Waals surface area contributed by atoms with Crippen LogP contribution in [0.15, 0.2) is 18.3 Å². The summed E-state index contributed by atoms with van der Waals surface area (Å²) in [6.07, 6.45) is 1.87. The van der Waals surface area contributed by atoms with E-state index in [1.54, 1.807) is 6.20 Å². The number of ether oxygens (including phenoxy) is 1. The first kappa shape index (κ1) is 12.3. The number of hydrogen-bond acceptors (Lipinski definition) is 5. The van der Waals surface area contributed by atoms with Crippen LogP contribution in [-0.2, 0) is 11.3 Å². The Hall–Kier alpha value is -1.17. The summed E-state index contributed by atoms with van der Waals surface area (Å²) in [5, 5.41) is 9.15. The third-order valence-electron chi connectivity index (χ3n) is 2.86. The zero-order valence-electron chi connectivity index (χ0n) is 10.0. The number of pyridine rings is 1. The molecule has 1 saturated heterocycles. The Kier molecular flexibility index (Phi) is 3.93. The van der Waals surface area contributed by atoms with Crippen LogP contribution >= 0.6 is 0 Å². The lowest BCUT2D eigenvalue weighted by atomic mass is 10.2. The van der Waals surface area contributed by atoms with Crippen molar-refractivity contribution in [3.8, 4) is 0 Å². The highest BCUT2D eigenvalue weighted by Crippen LogP contribution is 2.14. The maximum absolute atomic E-state index is 9.15. The molecule has 2 atom stereocenters. The molecule has 0 amide bonds. The van der Waals surface area contributed by atoms with Gasteiger partial charge in [0.05, 0.1) is 18.8 Å². The molecule has 1 aliphatic rings. The van der Waals surface area contributed by atoms with Crippen LogP contribution in [0.1, 0.15) is 12.5 Å². The average molecular weight is 237 g/mol. The van der Waals surface area contributed by atoms with Crippen molar-refractivity contribution in [2.75, 3.05) is 25.4 Å². The van der Waals surface area contributed by atoms with E-state index >= 15 is 0 Å². The highest BCUT2D eigenvalue weighted by Gasteiger charge is 2.24. The van der Waals surface area contributed by atoms with Gasteiger partial charge in [-0.25, -0.2) is 4.98 Å². The van der Waals surface area contributed by atoms with Crippen molar-refractivity contribution in [3.05, 3.63) is 23.9 Å². The van der Waals surface area contributed by atoms with Crippen LogP contribution < -0.4 is 5.73 Å². The van der Waals surface area contributed by atoms with E-state index < -0.39 is 0 Å². The van der Waals surface area contributed by atoms with E-state index in [1.165, 1.54) is 0 Å². The molecule has 17 heavy (non-hydrogen) atoms. The Morgan fingerprint density at radius 1 is 1.53 bits per heavy atom. The number of rotatable bonds is 3. The number of morpholine rings is 1. The second-order valence-electron chi connectivity index (χ2n) is 4.54. The van der Waals surface area contributed by atoms with Crippen LogP contribution in [0.4, 0.5) is 5.82 Å². The van der Waals surface area contributed by atoms with Gasteiger partial charge >= 0.3 is 0 Å². The maximum Gasteiger partial charge on any atom is 0.123 e. The van der Waals surface area contributed by atoms with Crippen molar-refractivity contribution >= 4 is 5.82 Å². The molecular weight excluding hydrogens is 218 g/mol. The maximum atomic E-state index is 9.15. The number of aliphatic hydroxyl groups is 1. The van der Waals surface area contributed by atoms with Gasteiger partial charge in [0.2, 0.25) is 0 Å². The van der Waals surface area contributed by atoms with Crippen LogP contribution in [0.2, 0.25) is 0 Å². The lowest BCUT2D eigenvalue weighted by molar-refractivity contribution is -0.0972. The third kappa shape index (κ3) is 3.39. The largest absolute Gasteiger partial charge is 0.394 e. The first-order valence-electron chi connectivity index (χ1n) is 5.86. The van der Waals surface area contributed by atoms with Gasteiger partial charge in [-0.3, -0.25) is 4.90 Å². The molecule has 0 aromatic carbocycles. The molecule has 1 fully saturated rings. The van der Waals surface area contributed by atoms with E-state index in [1.807, 2.05) is 19.1 Å². The van der Waals surface area contributed by atoms with E-state index in [-0.39, 0.29) is 18.8 Å². The topological polar surface area (TPSA) is 71.6 Å². The minimum absolute atomic E-state index is 0.0703. The van der Waals surface area contributed by atoms with Crippen LogP contribution in [0.25, 0.3) is 0 Å². The summed E-state index contributed by atoms with van der Waals surface area (Å²) in [7, 11) is 0. The summed E-state index contributed by atoms with van der Waals surface area (Å²) in [6, 6.07) is 3.79. The summed E-state index contributed by atoms with van der Waals surface area (Å²) in [5.74, 6) is 0.539. The molecule has 2 rings (SSSR count). The van der Waals surface area contributed by atoms with Gasteiger partial charge in [-0.05, 0) is 18.6 Å². The minimum atomic E-state index is -0.0829. The standard InChI is InChI=1S/C12H19N3O2/c1-9-5-15(7-11(8-16)17-9)6-10-2-3-12(13)14-4-10/h2-4,9,11,16H,5-8H2,1H3,(H2,13,14). The smallest absolute Gasteiger partial charge is 0.123 e. The average Bonchev–Trinajstić information content (AvgIpc) is 2.31. The van der Waals surface area contributed by atoms with Crippen molar-refractivity contribution in [2.24, 2.45) is 0 Å². The molecule has 1 aromatic heterocycles. The molecule has 5 heteroatoms. The second kappa shape index (κ2) is 5.44. The molecule has 0 radical (unpaired) electrons. The molecule has 0 saturated carbocycles. The predicted molar refractivity (Wildman–Crippen MR) is 65.3 cm³/mol. The molecule has 0 aliphatic carbocycles. The summed E-state index contributed by atoms with van der Waals surface area (Å²) in [5.41, 5.74) is 6.68. The van der Waals surface area contributed by atoms with Gasteiger partial charge in [-0.1, -0.05) is 6.07 Å². The van der Waals surface area contributed by atoms with Crippen molar-refractivity contribution in [2.45, 2.75) is 25.7 Å². The Labute approximate surface area is 101 Å². The van der Waals surface area contributed by atoms with E-state index in [0.29, 0.717) is 5.82 Å². The quantitative estimate of drug-likeness (QED) is 0.788. The zero-order valence-corrected chi connectivity index (χ0v) is 10.0. The monoisotopic (exact) mass is 237 g/mol. The number of nitrogens with two attached hydrogens (primary N) is 1. The molecule has 5 nitrogen and oxygen atoms in total. The van der Waals surface area contributed by atoms with Gasteiger partial charge < -0.3 is 15.6 Å². The van der Waals surface area contributed by atoms with Crippen molar-refractivity contribution in [3.63, 3.8) is 0 Å². The Bertz CT molecular complexity index is 355. The second-order valence-corrected chi connectivity index (χ2v) is 4.54. The molecule has 1 aliphatic heterocycles. The number of nitrogen functional groups attached to an aromatic ring is 1. The van der Waals surface area contributed by atoms with E-state index in [9.17, 15) is 0 Å². The molecule has 2 heterocycles. The molecule has 3 N–H and O–H groups in total. The minimum Gasteiger partial charge on any atom is -0.394 e. The van der Waals surface area contributed by atoms with Crippen molar-refractivity contribution in [1.29, 1.82) is 0 Å². The van der Waals surface area contributed by atoms with Crippen molar-refractivity contribution < 1.29 is 9.84 Å². The van der Waals surface area contributed by atoms with Crippen LogP contribution in [-0.4, -0.2) is 46.9 Å². The Balaban J connectivity index is 1.95. The Morgan fingerprint density at radius 3 is 3.00 bits per heavy atom. The van der Waals surface area contributed by atoms with Crippen LogP contribution in [0.3, 0.4) is 0 Å².